The maximum Gasteiger partial charge on any atom is 0.0619 e. The molecule has 0 amide bonds. The molecule has 2 bridgehead atoms. The summed E-state index contributed by atoms with van der Waals surface area (Å²) in [6.07, 6.45) is 0. The van der Waals surface area contributed by atoms with Crippen LogP contribution in [0.4, 0.5) is 0 Å². The van der Waals surface area contributed by atoms with E-state index in [0.29, 0.717) is 13.2 Å². The number of fused-ring (bicyclic) bond motifs is 2. The van der Waals surface area contributed by atoms with Gasteiger partial charge in [0.25, 0.3) is 0 Å². The number of hydrogen-bond donors (Lipinski definition) is 2. The van der Waals surface area contributed by atoms with Crippen molar-refractivity contribution in [2.45, 2.75) is 12.1 Å². The molecular weight excluding hydrogens is 240 g/mol. The lowest BCUT2D eigenvalue weighted by atomic mass is 9.70. The lowest BCUT2D eigenvalue weighted by Crippen LogP contribution is -2.69. The number of nitrogens with zero attached hydrogens (tertiary/aromatic N) is 1. The van der Waals surface area contributed by atoms with Crippen LogP contribution in [0.25, 0.3) is 0 Å². The minimum absolute atomic E-state index is 0.0604. The third-order valence-electron chi connectivity index (χ3n) is 4.64. The zero-order valence-electron chi connectivity index (χ0n) is 11.2. The van der Waals surface area contributed by atoms with E-state index in [1.165, 1.54) is 5.56 Å². The van der Waals surface area contributed by atoms with E-state index in [2.05, 4.69) is 29.2 Å². The minimum Gasteiger partial charge on any atom is -0.394 e. The van der Waals surface area contributed by atoms with Gasteiger partial charge in [-0.05, 0) is 5.56 Å². The topological polar surface area (TPSA) is 58.7 Å². The first kappa shape index (κ1) is 13.1. The maximum atomic E-state index is 9.63. The van der Waals surface area contributed by atoms with E-state index in [4.69, 9.17) is 10.5 Å². The van der Waals surface area contributed by atoms with Gasteiger partial charge in [0.1, 0.15) is 0 Å². The van der Waals surface area contributed by atoms with Crippen molar-refractivity contribution in [3.05, 3.63) is 35.9 Å². The van der Waals surface area contributed by atoms with Crippen molar-refractivity contribution in [1.82, 2.24) is 4.90 Å². The highest BCUT2D eigenvalue weighted by molar-refractivity contribution is 5.15. The summed E-state index contributed by atoms with van der Waals surface area (Å²) in [5, 5.41) is 9.63. The Balaban J connectivity index is 1.71. The smallest absolute Gasteiger partial charge is 0.0619 e. The molecule has 2 unspecified atom stereocenters. The second-order valence-electron chi connectivity index (χ2n) is 5.88. The van der Waals surface area contributed by atoms with Gasteiger partial charge in [0.05, 0.1) is 25.4 Å². The van der Waals surface area contributed by atoms with Crippen LogP contribution in [0.5, 0.6) is 0 Å². The van der Waals surface area contributed by atoms with Crippen molar-refractivity contribution in [3.63, 3.8) is 0 Å². The molecule has 2 aliphatic heterocycles. The third-order valence-corrected chi connectivity index (χ3v) is 4.64. The van der Waals surface area contributed by atoms with Crippen molar-refractivity contribution < 1.29 is 9.84 Å². The van der Waals surface area contributed by atoms with Crippen LogP contribution >= 0.6 is 0 Å². The van der Waals surface area contributed by atoms with Crippen LogP contribution in [0.2, 0.25) is 0 Å². The fraction of sp³-hybridized carbons (Fsp3) is 0.600. The predicted octanol–water partition coefficient (Wildman–Crippen LogP) is 0.455. The van der Waals surface area contributed by atoms with Gasteiger partial charge in [-0.15, -0.1) is 0 Å². The molecule has 0 aliphatic carbocycles. The van der Waals surface area contributed by atoms with Crippen LogP contribution in [-0.4, -0.2) is 48.5 Å². The van der Waals surface area contributed by atoms with E-state index >= 15 is 0 Å². The second kappa shape index (κ2) is 5.21. The molecule has 2 fully saturated rings. The summed E-state index contributed by atoms with van der Waals surface area (Å²) in [7, 11) is 0. The fourth-order valence-electron chi connectivity index (χ4n) is 3.37. The van der Waals surface area contributed by atoms with Gasteiger partial charge >= 0.3 is 0 Å². The van der Waals surface area contributed by atoms with Gasteiger partial charge < -0.3 is 15.6 Å². The molecule has 2 saturated heterocycles. The van der Waals surface area contributed by atoms with Crippen LogP contribution in [0, 0.1) is 11.8 Å². The number of benzene rings is 1. The Hall–Kier alpha value is -0.940. The summed E-state index contributed by atoms with van der Waals surface area (Å²) in [4.78, 5) is 2.44. The molecule has 3 N–H and O–H groups in total. The van der Waals surface area contributed by atoms with Crippen LogP contribution in [-0.2, 0) is 11.3 Å². The molecule has 4 nitrogen and oxygen atoms in total. The second-order valence-corrected chi connectivity index (χ2v) is 5.88. The molecule has 0 spiro atoms. The SMILES string of the molecule is NC1(CO)C2COCC1CN(Cc1ccccc1)C2. The standard InChI is InChI=1S/C15H22N2O2/c16-15(11-18)13-7-17(8-14(15)10-19-9-13)6-12-4-2-1-3-5-12/h1-5,13-14,18H,6-11,16H2. The number of hydrogen-bond acceptors (Lipinski definition) is 4. The molecule has 4 heteroatoms. The average molecular weight is 262 g/mol. The monoisotopic (exact) mass is 262 g/mol. The maximum absolute atomic E-state index is 9.63. The van der Waals surface area contributed by atoms with Gasteiger partial charge in [-0.2, -0.15) is 0 Å². The van der Waals surface area contributed by atoms with Crippen molar-refractivity contribution >= 4 is 0 Å². The molecule has 2 heterocycles. The highest BCUT2D eigenvalue weighted by Gasteiger charge is 2.49. The van der Waals surface area contributed by atoms with Crippen LogP contribution < -0.4 is 5.73 Å². The molecule has 0 aromatic heterocycles. The van der Waals surface area contributed by atoms with E-state index < -0.39 is 5.54 Å². The van der Waals surface area contributed by atoms with Gasteiger partial charge in [0.2, 0.25) is 0 Å². The Labute approximate surface area is 114 Å². The van der Waals surface area contributed by atoms with Gasteiger partial charge in [0.15, 0.2) is 0 Å². The first-order chi connectivity index (χ1) is 9.22. The number of aliphatic hydroxyl groups is 1. The lowest BCUT2D eigenvalue weighted by Gasteiger charge is -2.53. The molecule has 3 rings (SSSR count). The Bertz CT molecular complexity index is 409. The highest BCUT2D eigenvalue weighted by atomic mass is 16.5. The third kappa shape index (κ3) is 2.41. The minimum atomic E-state index is -0.453. The number of nitrogens with two attached hydrogens (primary N) is 1. The summed E-state index contributed by atoms with van der Waals surface area (Å²) in [5.41, 5.74) is 7.28. The average Bonchev–Trinajstić information content (AvgIpc) is 2.41. The molecule has 2 aliphatic rings. The summed E-state index contributed by atoms with van der Waals surface area (Å²) in [6.45, 7) is 4.16. The zero-order valence-corrected chi connectivity index (χ0v) is 11.2. The number of ether oxygens (including phenoxy) is 1. The molecule has 0 saturated carbocycles. The number of rotatable bonds is 3. The Morgan fingerprint density at radius 3 is 2.42 bits per heavy atom. The molecule has 1 aromatic rings. The number of likely N-dealkylation sites (tertiary alicyclic amines) is 1. The Morgan fingerprint density at radius 2 is 1.84 bits per heavy atom. The van der Waals surface area contributed by atoms with Gasteiger partial charge in [-0.3, -0.25) is 4.90 Å². The Morgan fingerprint density at radius 1 is 1.21 bits per heavy atom. The predicted molar refractivity (Wildman–Crippen MR) is 73.5 cm³/mol. The van der Waals surface area contributed by atoms with Crippen molar-refractivity contribution in [1.29, 1.82) is 0 Å². The number of aliphatic hydroxyl groups excluding tert-OH is 1. The lowest BCUT2D eigenvalue weighted by molar-refractivity contribution is -0.113. The summed E-state index contributed by atoms with van der Waals surface area (Å²) in [5.74, 6) is 0.461. The van der Waals surface area contributed by atoms with Crippen molar-refractivity contribution in [2.24, 2.45) is 17.6 Å². The zero-order chi connectivity index (χ0) is 13.3. The molecule has 2 atom stereocenters. The summed E-state index contributed by atoms with van der Waals surface area (Å²) < 4.78 is 5.61. The molecule has 19 heavy (non-hydrogen) atoms. The van der Waals surface area contributed by atoms with E-state index in [-0.39, 0.29) is 18.4 Å². The van der Waals surface area contributed by atoms with Gasteiger partial charge in [0, 0.05) is 31.5 Å². The van der Waals surface area contributed by atoms with Gasteiger partial charge in [-0.25, -0.2) is 0 Å². The molecule has 0 radical (unpaired) electrons. The molecule has 104 valence electrons. The number of piperidine rings is 1. The van der Waals surface area contributed by atoms with Gasteiger partial charge in [-0.1, -0.05) is 30.3 Å². The fourth-order valence-corrected chi connectivity index (χ4v) is 3.37. The normalized spacial score (nSPS) is 35.3. The first-order valence-corrected chi connectivity index (χ1v) is 6.96. The molecular formula is C15H22N2O2. The van der Waals surface area contributed by atoms with E-state index in [9.17, 15) is 5.11 Å². The summed E-state index contributed by atoms with van der Waals surface area (Å²) >= 11 is 0. The quantitative estimate of drug-likeness (QED) is 0.830. The van der Waals surface area contributed by atoms with Crippen LogP contribution in [0.3, 0.4) is 0 Å². The highest BCUT2D eigenvalue weighted by Crippen LogP contribution is 2.35. The van der Waals surface area contributed by atoms with Crippen molar-refractivity contribution in [3.8, 4) is 0 Å². The first-order valence-electron chi connectivity index (χ1n) is 6.96. The summed E-state index contributed by atoms with van der Waals surface area (Å²) in [6, 6.07) is 10.5. The largest absolute Gasteiger partial charge is 0.394 e. The van der Waals surface area contributed by atoms with E-state index in [1.807, 2.05) is 6.07 Å². The van der Waals surface area contributed by atoms with Crippen LogP contribution in [0.1, 0.15) is 5.56 Å². The van der Waals surface area contributed by atoms with Crippen molar-refractivity contribution in [2.75, 3.05) is 32.9 Å². The van der Waals surface area contributed by atoms with E-state index in [0.717, 1.165) is 19.6 Å². The van der Waals surface area contributed by atoms with Crippen LogP contribution in [0.15, 0.2) is 30.3 Å². The molecule has 1 aromatic carbocycles. The Kier molecular flexibility index (Phi) is 3.58. The van der Waals surface area contributed by atoms with E-state index in [1.54, 1.807) is 0 Å².